The molecule has 1 aliphatic heterocycles. The summed E-state index contributed by atoms with van der Waals surface area (Å²) >= 11 is 0. The van der Waals surface area contributed by atoms with Gasteiger partial charge in [0.05, 0.1) is 6.67 Å². The molecule has 0 atom stereocenters. The Bertz CT molecular complexity index is 252. The second kappa shape index (κ2) is 5.01. The number of anilines is 1. The van der Waals surface area contributed by atoms with E-state index in [9.17, 15) is 0 Å². The molecular formula is C12H18N2. The minimum Gasteiger partial charge on any atom is -0.372 e. The molecule has 1 aromatic carbocycles. The molecule has 0 unspecified atom stereocenters. The van der Waals surface area contributed by atoms with Crippen molar-refractivity contribution in [2.75, 3.05) is 25.1 Å². The molecule has 2 nitrogen and oxygen atoms in total. The molecule has 0 radical (unpaired) electrons. The van der Waals surface area contributed by atoms with Crippen molar-refractivity contribution in [1.29, 1.82) is 0 Å². The first-order valence-corrected chi connectivity index (χ1v) is 5.46. The monoisotopic (exact) mass is 190 g/mol. The van der Waals surface area contributed by atoms with Crippen LogP contribution in [0.1, 0.15) is 19.3 Å². The number of nitrogens with zero attached hydrogens (tertiary/aromatic N) is 1. The van der Waals surface area contributed by atoms with E-state index in [0.717, 1.165) is 6.67 Å². The number of nitrogens with one attached hydrogen (secondary N) is 1. The number of para-hydroxylation sites is 1. The molecule has 0 amide bonds. The van der Waals surface area contributed by atoms with Crippen LogP contribution in [0.2, 0.25) is 0 Å². The van der Waals surface area contributed by atoms with Gasteiger partial charge in [0.1, 0.15) is 0 Å². The van der Waals surface area contributed by atoms with E-state index in [1.807, 2.05) is 6.07 Å². The van der Waals surface area contributed by atoms with E-state index in [1.165, 1.54) is 38.0 Å². The summed E-state index contributed by atoms with van der Waals surface area (Å²) in [5.74, 6) is 0. The lowest BCUT2D eigenvalue weighted by atomic mass is 10.1. The number of piperidine rings is 1. The topological polar surface area (TPSA) is 15.3 Å². The SMILES string of the molecule is c1ccc(NCN2CCCCC2)cc1. The third kappa shape index (κ3) is 2.74. The van der Waals surface area contributed by atoms with Crippen LogP contribution in [-0.4, -0.2) is 24.7 Å². The van der Waals surface area contributed by atoms with Crippen molar-refractivity contribution in [3.8, 4) is 0 Å². The quantitative estimate of drug-likeness (QED) is 0.788. The van der Waals surface area contributed by atoms with Crippen LogP contribution in [-0.2, 0) is 0 Å². The molecule has 1 saturated heterocycles. The fraction of sp³-hybridized carbons (Fsp3) is 0.500. The highest BCUT2D eigenvalue weighted by molar-refractivity contribution is 5.42. The summed E-state index contributed by atoms with van der Waals surface area (Å²) < 4.78 is 0. The Kier molecular flexibility index (Phi) is 3.41. The Morgan fingerprint density at radius 3 is 2.43 bits per heavy atom. The molecule has 0 aromatic heterocycles. The average molecular weight is 190 g/mol. The van der Waals surface area contributed by atoms with Crippen LogP contribution in [0.3, 0.4) is 0 Å². The predicted molar refractivity (Wildman–Crippen MR) is 60.4 cm³/mol. The van der Waals surface area contributed by atoms with Crippen LogP contribution >= 0.6 is 0 Å². The van der Waals surface area contributed by atoms with Crippen LogP contribution in [0.5, 0.6) is 0 Å². The van der Waals surface area contributed by atoms with Gasteiger partial charge in [0.2, 0.25) is 0 Å². The first-order valence-electron chi connectivity index (χ1n) is 5.46. The van der Waals surface area contributed by atoms with Gasteiger partial charge in [-0.15, -0.1) is 0 Å². The van der Waals surface area contributed by atoms with Crippen molar-refractivity contribution in [1.82, 2.24) is 4.90 Å². The zero-order valence-electron chi connectivity index (χ0n) is 8.58. The second-order valence-corrected chi connectivity index (χ2v) is 3.88. The number of hydrogen-bond acceptors (Lipinski definition) is 2. The lowest BCUT2D eigenvalue weighted by Gasteiger charge is -2.26. The molecule has 14 heavy (non-hydrogen) atoms. The average Bonchev–Trinajstić information content (AvgIpc) is 2.29. The maximum Gasteiger partial charge on any atom is 0.0678 e. The van der Waals surface area contributed by atoms with Crippen molar-refractivity contribution in [3.63, 3.8) is 0 Å². The van der Waals surface area contributed by atoms with Gasteiger partial charge < -0.3 is 5.32 Å². The fourth-order valence-electron chi connectivity index (χ4n) is 1.88. The molecule has 0 saturated carbocycles. The normalized spacial score (nSPS) is 18.0. The highest BCUT2D eigenvalue weighted by atomic mass is 15.2. The lowest BCUT2D eigenvalue weighted by Crippen LogP contribution is -2.34. The summed E-state index contributed by atoms with van der Waals surface area (Å²) in [5.41, 5.74) is 1.22. The predicted octanol–water partition coefficient (Wildman–Crippen LogP) is 2.54. The van der Waals surface area contributed by atoms with Gasteiger partial charge in [-0.3, -0.25) is 4.90 Å². The largest absolute Gasteiger partial charge is 0.372 e. The van der Waals surface area contributed by atoms with Gasteiger partial charge in [0.15, 0.2) is 0 Å². The zero-order chi connectivity index (χ0) is 9.64. The van der Waals surface area contributed by atoms with E-state index < -0.39 is 0 Å². The van der Waals surface area contributed by atoms with Gasteiger partial charge in [-0.25, -0.2) is 0 Å². The van der Waals surface area contributed by atoms with Crippen molar-refractivity contribution in [2.45, 2.75) is 19.3 Å². The summed E-state index contributed by atoms with van der Waals surface area (Å²) in [4.78, 5) is 2.48. The van der Waals surface area contributed by atoms with Gasteiger partial charge in [0.25, 0.3) is 0 Å². The molecular weight excluding hydrogens is 172 g/mol. The van der Waals surface area contributed by atoms with Gasteiger partial charge in [-0.05, 0) is 38.1 Å². The van der Waals surface area contributed by atoms with Crippen molar-refractivity contribution in [3.05, 3.63) is 30.3 Å². The third-order valence-electron chi connectivity index (χ3n) is 2.73. The first-order chi connectivity index (χ1) is 6.95. The summed E-state index contributed by atoms with van der Waals surface area (Å²) in [6, 6.07) is 10.4. The van der Waals surface area contributed by atoms with Crippen LogP contribution in [0.15, 0.2) is 30.3 Å². The van der Waals surface area contributed by atoms with Crippen LogP contribution in [0.25, 0.3) is 0 Å². The van der Waals surface area contributed by atoms with Gasteiger partial charge >= 0.3 is 0 Å². The molecule has 0 spiro atoms. The van der Waals surface area contributed by atoms with Crippen molar-refractivity contribution < 1.29 is 0 Å². The number of benzene rings is 1. The first kappa shape index (κ1) is 9.53. The van der Waals surface area contributed by atoms with Crippen molar-refractivity contribution >= 4 is 5.69 Å². The van der Waals surface area contributed by atoms with Crippen molar-refractivity contribution in [2.24, 2.45) is 0 Å². The molecule has 0 aliphatic carbocycles. The Balaban J connectivity index is 1.76. The summed E-state index contributed by atoms with van der Waals surface area (Å²) in [6.07, 6.45) is 4.12. The minimum atomic E-state index is 0.990. The molecule has 1 N–H and O–H groups in total. The molecule has 2 rings (SSSR count). The Hall–Kier alpha value is -1.02. The minimum absolute atomic E-state index is 0.990. The number of likely N-dealkylation sites (tertiary alicyclic amines) is 1. The zero-order valence-corrected chi connectivity index (χ0v) is 8.58. The highest BCUT2D eigenvalue weighted by Gasteiger charge is 2.08. The molecule has 1 aromatic rings. The second-order valence-electron chi connectivity index (χ2n) is 3.88. The summed E-state index contributed by atoms with van der Waals surface area (Å²) in [5, 5.41) is 3.44. The molecule has 2 heteroatoms. The standard InChI is InChI=1S/C12H18N2/c1-3-7-12(8-4-1)13-11-14-9-5-2-6-10-14/h1,3-4,7-8,13H,2,5-6,9-11H2. The van der Waals surface area contributed by atoms with Crippen LogP contribution < -0.4 is 5.32 Å². The van der Waals surface area contributed by atoms with E-state index in [0.29, 0.717) is 0 Å². The van der Waals surface area contributed by atoms with E-state index in [-0.39, 0.29) is 0 Å². The Morgan fingerprint density at radius 1 is 1.00 bits per heavy atom. The van der Waals surface area contributed by atoms with E-state index in [4.69, 9.17) is 0 Å². The smallest absolute Gasteiger partial charge is 0.0678 e. The molecule has 1 heterocycles. The maximum absolute atomic E-state index is 3.44. The Morgan fingerprint density at radius 2 is 1.71 bits per heavy atom. The third-order valence-corrected chi connectivity index (χ3v) is 2.73. The molecule has 0 bridgehead atoms. The lowest BCUT2D eigenvalue weighted by molar-refractivity contribution is 0.244. The molecule has 1 fully saturated rings. The van der Waals surface area contributed by atoms with E-state index in [1.54, 1.807) is 0 Å². The van der Waals surface area contributed by atoms with E-state index >= 15 is 0 Å². The van der Waals surface area contributed by atoms with E-state index in [2.05, 4.69) is 34.5 Å². The summed E-state index contributed by atoms with van der Waals surface area (Å²) in [7, 11) is 0. The Labute approximate surface area is 85.9 Å². The van der Waals surface area contributed by atoms with Gasteiger partial charge in [0, 0.05) is 5.69 Å². The number of hydrogen-bond donors (Lipinski definition) is 1. The summed E-state index contributed by atoms with van der Waals surface area (Å²) in [6.45, 7) is 3.49. The number of rotatable bonds is 3. The van der Waals surface area contributed by atoms with Crippen LogP contribution in [0.4, 0.5) is 5.69 Å². The molecule has 76 valence electrons. The maximum atomic E-state index is 3.44. The molecule has 1 aliphatic rings. The van der Waals surface area contributed by atoms with Crippen LogP contribution in [0, 0.1) is 0 Å². The van der Waals surface area contributed by atoms with Gasteiger partial charge in [-0.2, -0.15) is 0 Å². The highest BCUT2D eigenvalue weighted by Crippen LogP contribution is 2.10. The fourth-order valence-corrected chi connectivity index (χ4v) is 1.88. The van der Waals surface area contributed by atoms with Gasteiger partial charge in [-0.1, -0.05) is 24.6 Å².